The second kappa shape index (κ2) is 7.03. The molecule has 25 heavy (non-hydrogen) atoms. The number of carbonyl (C=O) groups is 1. The van der Waals surface area contributed by atoms with Crippen molar-refractivity contribution in [2.45, 2.75) is 13.3 Å². The van der Waals surface area contributed by atoms with Gasteiger partial charge in [0.15, 0.2) is 5.69 Å². The summed E-state index contributed by atoms with van der Waals surface area (Å²) in [6.07, 6.45) is 3.76. The van der Waals surface area contributed by atoms with Crippen molar-refractivity contribution >= 4 is 34.0 Å². The van der Waals surface area contributed by atoms with Gasteiger partial charge in [-0.3, -0.25) is 9.78 Å². The lowest BCUT2D eigenvalue weighted by atomic mass is 10.0. The van der Waals surface area contributed by atoms with Gasteiger partial charge < -0.3 is 11.1 Å². The normalized spacial score (nSPS) is 10.8. The molecule has 128 valence electrons. The second-order valence-corrected chi connectivity index (χ2v) is 5.90. The fourth-order valence-corrected chi connectivity index (χ4v) is 2.82. The van der Waals surface area contributed by atoms with Crippen molar-refractivity contribution < 1.29 is 9.18 Å². The number of nitrogen functional groups attached to an aromatic ring is 1. The van der Waals surface area contributed by atoms with Crippen molar-refractivity contribution in [2.75, 3.05) is 12.3 Å². The number of nitrogens with two attached hydrogens (primary N) is 1. The number of hydrogen-bond acceptors (Lipinski definition) is 4. The Balaban J connectivity index is 2.21. The average Bonchev–Trinajstić information content (AvgIpc) is 2.61. The van der Waals surface area contributed by atoms with Crippen molar-refractivity contribution in [3.05, 3.63) is 53.2 Å². The Kier molecular flexibility index (Phi) is 4.81. The first-order valence-corrected chi connectivity index (χ1v) is 8.18. The average molecular weight is 359 g/mol. The summed E-state index contributed by atoms with van der Waals surface area (Å²) in [4.78, 5) is 20.5. The number of rotatable bonds is 4. The van der Waals surface area contributed by atoms with E-state index < -0.39 is 5.82 Å². The van der Waals surface area contributed by atoms with Crippen molar-refractivity contribution in [1.29, 1.82) is 0 Å². The van der Waals surface area contributed by atoms with Gasteiger partial charge in [-0.25, -0.2) is 9.37 Å². The molecule has 0 aliphatic heterocycles. The zero-order chi connectivity index (χ0) is 18.0. The Bertz CT molecular complexity index is 961. The van der Waals surface area contributed by atoms with Gasteiger partial charge in [0, 0.05) is 35.3 Å². The minimum absolute atomic E-state index is 0.116. The van der Waals surface area contributed by atoms with Crippen LogP contribution in [0.5, 0.6) is 0 Å². The van der Waals surface area contributed by atoms with Gasteiger partial charge in [0.1, 0.15) is 5.82 Å². The molecule has 0 saturated carbocycles. The van der Waals surface area contributed by atoms with Crippen LogP contribution in [-0.4, -0.2) is 22.4 Å². The van der Waals surface area contributed by atoms with Crippen molar-refractivity contribution in [2.24, 2.45) is 0 Å². The number of carbonyl (C=O) groups excluding carboxylic acids is 1. The minimum Gasteiger partial charge on any atom is -0.396 e. The molecule has 2 aromatic heterocycles. The van der Waals surface area contributed by atoms with Gasteiger partial charge in [-0.1, -0.05) is 18.5 Å². The van der Waals surface area contributed by atoms with E-state index in [2.05, 4.69) is 15.3 Å². The molecule has 0 aliphatic rings. The Morgan fingerprint density at radius 1 is 1.28 bits per heavy atom. The van der Waals surface area contributed by atoms with Crippen LogP contribution >= 0.6 is 11.6 Å². The monoisotopic (exact) mass is 358 g/mol. The third kappa shape index (κ3) is 3.13. The van der Waals surface area contributed by atoms with Gasteiger partial charge in [-0.05, 0) is 30.7 Å². The molecule has 0 aliphatic carbocycles. The molecule has 3 rings (SSSR count). The number of anilines is 1. The number of nitrogens with one attached hydrogen (secondary N) is 1. The maximum Gasteiger partial charge on any atom is 0.272 e. The summed E-state index contributed by atoms with van der Waals surface area (Å²) in [5.74, 6) is -0.847. The van der Waals surface area contributed by atoms with E-state index in [0.717, 1.165) is 6.42 Å². The zero-order valence-corrected chi connectivity index (χ0v) is 14.3. The second-order valence-electron chi connectivity index (χ2n) is 5.49. The predicted molar refractivity (Wildman–Crippen MR) is 97.0 cm³/mol. The minimum atomic E-state index is -0.488. The van der Waals surface area contributed by atoms with Crippen molar-refractivity contribution in [1.82, 2.24) is 15.3 Å². The molecule has 0 saturated heterocycles. The number of pyridine rings is 2. The molecular formula is C18H16ClFN4O. The topological polar surface area (TPSA) is 80.9 Å². The molecule has 5 nitrogen and oxygen atoms in total. The lowest BCUT2D eigenvalue weighted by Crippen LogP contribution is -2.26. The Morgan fingerprint density at radius 3 is 2.80 bits per heavy atom. The third-order valence-corrected chi connectivity index (χ3v) is 4.11. The van der Waals surface area contributed by atoms with Gasteiger partial charge in [-0.2, -0.15) is 0 Å². The fraction of sp³-hybridized carbons (Fsp3) is 0.167. The summed E-state index contributed by atoms with van der Waals surface area (Å²) in [5.41, 5.74) is 6.95. The van der Waals surface area contributed by atoms with Crippen LogP contribution in [0.2, 0.25) is 5.02 Å². The van der Waals surface area contributed by atoms with Crippen molar-refractivity contribution in [3.8, 4) is 11.3 Å². The van der Waals surface area contributed by atoms with E-state index in [4.69, 9.17) is 17.3 Å². The lowest BCUT2D eigenvalue weighted by Gasteiger charge is -2.12. The van der Waals surface area contributed by atoms with Gasteiger partial charge >= 0.3 is 0 Å². The maximum absolute atomic E-state index is 14.5. The molecule has 0 fully saturated rings. The van der Waals surface area contributed by atoms with Gasteiger partial charge in [-0.15, -0.1) is 0 Å². The quantitative estimate of drug-likeness (QED) is 0.743. The van der Waals surface area contributed by atoms with Crippen molar-refractivity contribution in [3.63, 3.8) is 0 Å². The smallest absolute Gasteiger partial charge is 0.272 e. The van der Waals surface area contributed by atoms with Gasteiger partial charge in [0.25, 0.3) is 5.91 Å². The highest BCUT2D eigenvalue weighted by Crippen LogP contribution is 2.36. The first-order chi connectivity index (χ1) is 12.0. The summed E-state index contributed by atoms with van der Waals surface area (Å²) in [5, 5.41) is 4.02. The van der Waals surface area contributed by atoms with Crippen LogP contribution in [0.15, 0.2) is 36.7 Å². The van der Waals surface area contributed by atoms with Crippen LogP contribution in [0.3, 0.4) is 0 Å². The van der Waals surface area contributed by atoms with Crippen LogP contribution in [0, 0.1) is 5.82 Å². The van der Waals surface area contributed by atoms with E-state index in [1.165, 1.54) is 24.5 Å². The van der Waals surface area contributed by atoms with Crippen LogP contribution in [-0.2, 0) is 0 Å². The molecule has 0 spiro atoms. The Morgan fingerprint density at radius 2 is 2.08 bits per heavy atom. The Hall–Kier alpha value is -2.73. The number of benzene rings is 1. The SMILES string of the molecule is CCCNC(=O)c1ncc2c(-c3ncccc3Cl)c(F)ccc2c1N. The fourth-order valence-electron chi connectivity index (χ4n) is 2.60. The summed E-state index contributed by atoms with van der Waals surface area (Å²) >= 11 is 6.16. The third-order valence-electron chi connectivity index (χ3n) is 3.81. The number of nitrogens with zero attached hydrogens (tertiary/aromatic N) is 2. The number of amides is 1. The summed E-state index contributed by atoms with van der Waals surface area (Å²) < 4.78 is 14.5. The molecule has 3 N–H and O–H groups in total. The molecule has 0 unspecified atom stereocenters. The first kappa shape index (κ1) is 17.1. The molecule has 2 heterocycles. The van der Waals surface area contributed by atoms with Gasteiger partial charge in [0.2, 0.25) is 0 Å². The summed E-state index contributed by atoms with van der Waals surface area (Å²) in [7, 11) is 0. The number of fused-ring (bicyclic) bond motifs is 1. The van der Waals surface area contributed by atoms with Crippen LogP contribution in [0.25, 0.3) is 22.0 Å². The standard InChI is InChI=1S/C18H16ClFN4O/c1-2-7-23-18(25)17-15(21)10-5-6-13(20)14(11(10)9-24-17)16-12(19)4-3-8-22-16/h3-6,8-9H,2,7,21H2,1H3,(H,23,25). The lowest BCUT2D eigenvalue weighted by molar-refractivity contribution is 0.0950. The molecule has 3 aromatic rings. The van der Waals surface area contributed by atoms with Crippen LogP contribution < -0.4 is 11.1 Å². The molecule has 0 bridgehead atoms. The largest absolute Gasteiger partial charge is 0.396 e. The van der Waals surface area contributed by atoms with Gasteiger partial charge in [0.05, 0.1) is 16.4 Å². The molecular weight excluding hydrogens is 343 g/mol. The zero-order valence-electron chi connectivity index (χ0n) is 13.5. The predicted octanol–water partition coefficient (Wildman–Crippen LogP) is 3.81. The molecule has 1 amide bonds. The Labute approximate surface area is 149 Å². The summed E-state index contributed by atoms with van der Waals surface area (Å²) in [6, 6.07) is 6.11. The van der Waals surface area contributed by atoms with E-state index in [0.29, 0.717) is 28.0 Å². The summed E-state index contributed by atoms with van der Waals surface area (Å²) in [6.45, 7) is 2.47. The van der Waals surface area contributed by atoms with E-state index >= 15 is 0 Å². The number of hydrogen-bond donors (Lipinski definition) is 2. The van der Waals surface area contributed by atoms with E-state index in [1.807, 2.05) is 6.92 Å². The highest BCUT2D eigenvalue weighted by molar-refractivity contribution is 6.33. The van der Waals surface area contributed by atoms with E-state index in [1.54, 1.807) is 12.1 Å². The molecule has 0 atom stereocenters. The maximum atomic E-state index is 14.5. The van der Waals surface area contributed by atoms with Crippen LogP contribution in [0.1, 0.15) is 23.8 Å². The molecule has 1 aromatic carbocycles. The molecule has 7 heteroatoms. The van der Waals surface area contributed by atoms with E-state index in [-0.39, 0.29) is 22.9 Å². The number of aromatic nitrogens is 2. The molecule has 0 radical (unpaired) electrons. The highest BCUT2D eigenvalue weighted by Gasteiger charge is 2.19. The highest BCUT2D eigenvalue weighted by atomic mass is 35.5. The van der Waals surface area contributed by atoms with Crippen LogP contribution in [0.4, 0.5) is 10.1 Å². The van der Waals surface area contributed by atoms with E-state index in [9.17, 15) is 9.18 Å². The number of halogens is 2. The first-order valence-electron chi connectivity index (χ1n) is 7.80.